The number of aromatic nitrogens is 1. The molecule has 0 aliphatic carbocycles. The molecule has 2 aromatic rings. The highest BCUT2D eigenvalue weighted by molar-refractivity contribution is 7.89. The number of piperidine rings is 2. The third-order valence-electron chi connectivity index (χ3n) is 5.89. The predicted molar refractivity (Wildman–Crippen MR) is 108 cm³/mol. The van der Waals surface area contributed by atoms with Crippen LogP contribution >= 0.6 is 0 Å². The first kappa shape index (κ1) is 21.1. The number of hydrogen-bond acceptors (Lipinski definition) is 5. The van der Waals surface area contributed by atoms with Gasteiger partial charge < -0.3 is 9.64 Å². The SMILES string of the molecule is O=S(=O)(c1c(F)cccc1F)N1CCC(N2CCC(Oc3ccncc3)CC2)CC1. The van der Waals surface area contributed by atoms with Gasteiger partial charge in [-0.05, 0) is 49.9 Å². The molecular weight excluding hydrogens is 412 g/mol. The van der Waals surface area contributed by atoms with Crippen molar-refractivity contribution < 1.29 is 21.9 Å². The average Bonchev–Trinajstić information content (AvgIpc) is 2.75. The Morgan fingerprint density at radius 3 is 2.10 bits per heavy atom. The van der Waals surface area contributed by atoms with Crippen LogP contribution in [-0.2, 0) is 10.0 Å². The summed E-state index contributed by atoms with van der Waals surface area (Å²) < 4.78 is 60.7. The summed E-state index contributed by atoms with van der Waals surface area (Å²) in [7, 11) is -4.18. The number of benzene rings is 1. The molecule has 1 aromatic heterocycles. The van der Waals surface area contributed by atoms with Crippen LogP contribution in [0.25, 0.3) is 0 Å². The van der Waals surface area contributed by atoms with E-state index in [1.54, 1.807) is 12.4 Å². The zero-order valence-corrected chi connectivity index (χ0v) is 17.4. The van der Waals surface area contributed by atoms with E-state index < -0.39 is 26.6 Å². The topological polar surface area (TPSA) is 62.7 Å². The number of ether oxygens (including phenoxy) is 1. The largest absolute Gasteiger partial charge is 0.490 e. The molecule has 4 rings (SSSR count). The molecule has 0 bridgehead atoms. The van der Waals surface area contributed by atoms with Crippen molar-refractivity contribution in [1.29, 1.82) is 0 Å². The Labute approximate surface area is 175 Å². The van der Waals surface area contributed by atoms with Crippen molar-refractivity contribution in [2.45, 2.75) is 42.7 Å². The average molecular weight is 438 g/mol. The first-order chi connectivity index (χ1) is 14.4. The lowest BCUT2D eigenvalue weighted by atomic mass is 10.00. The van der Waals surface area contributed by atoms with Gasteiger partial charge in [0, 0.05) is 44.6 Å². The minimum Gasteiger partial charge on any atom is -0.490 e. The number of likely N-dealkylation sites (tertiary alicyclic amines) is 1. The molecule has 1 aromatic carbocycles. The quantitative estimate of drug-likeness (QED) is 0.720. The number of sulfonamides is 1. The van der Waals surface area contributed by atoms with Gasteiger partial charge in [0.05, 0.1) is 0 Å². The summed E-state index contributed by atoms with van der Waals surface area (Å²) in [6.45, 7) is 2.28. The lowest BCUT2D eigenvalue weighted by Crippen LogP contribution is -2.50. The molecule has 0 spiro atoms. The number of hydrogen-bond donors (Lipinski definition) is 0. The molecule has 2 aliphatic heterocycles. The molecule has 0 saturated carbocycles. The van der Waals surface area contributed by atoms with Gasteiger partial charge in [0.1, 0.15) is 23.5 Å². The van der Waals surface area contributed by atoms with Crippen molar-refractivity contribution in [3.8, 4) is 5.75 Å². The van der Waals surface area contributed by atoms with Gasteiger partial charge in [0.25, 0.3) is 0 Å². The van der Waals surface area contributed by atoms with Crippen molar-refractivity contribution in [2.75, 3.05) is 26.2 Å². The van der Waals surface area contributed by atoms with E-state index in [-0.39, 0.29) is 25.2 Å². The highest BCUT2D eigenvalue weighted by Crippen LogP contribution is 2.28. The fourth-order valence-corrected chi connectivity index (χ4v) is 5.85. The van der Waals surface area contributed by atoms with Crippen LogP contribution in [0.1, 0.15) is 25.7 Å². The molecule has 3 heterocycles. The van der Waals surface area contributed by atoms with Gasteiger partial charge in [0.15, 0.2) is 4.90 Å². The van der Waals surface area contributed by atoms with Crippen LogP contribution < -0.4 is 4.74 Å². The maximum absolute atomic E-state index is 14.0. The second-order valence-electron chi connectivity index (χ2n) is 7.72. The number of nitrogens with zero attached hydrogens (tertiary/aromatic N) is 3. The van der Waals surface area contributed by atoms with Gasteiger partial charge in [-0.3, -0.25) is 4.98 Å². The van der Waals surface area contributed by atoms with Crippen LogP contribution in [0, 0.1) is 11.6 Å². The summed E-state index contributed by atoms with van der Waals surface area (Å²) in [6.07, 6.45) is 6.67. The third-order valence-corrected chi connectivity index (χ3v) is 7.84. The molecule has 0 N–H and O–H groups in total. The molecule has 2 fully saturated rings. The van der Waals surface area contributed by atoms with Crippen LogP contribution in [0.5, 0.6) is 5.75 Å². The van der Waals surface area contributed by atoms with E-state index in [2.05, 4.69) is 9.88 Å². The smallest absolute Gasteiger partial charge is 0.248 e. The van der Waals surface area contributed by atoms with Crippen LogP contribution in [0.2, 0.25) is 0 Å². The zero-order valence-electron chi connectivity index (χ0n) is 16.6. The van der Waals surface area contributed by atoms with E-state index in [0.29, 0.717) is 12.8 Å². The van der Waals surface area contributed by atoms with E-state index in [9.17, 15) is 17.2 Å². The summed E-state index contributed by atoms with van der Waals surface area (Å²) in [4.78, 5) is 5.51. The molecule has 2 aliphatic rings. The first-order valence-electron chi connectivity index (χ1n) is 10.2. The normalized spacial score (nSPS) is 20.3. The van der Waals surface area contributed by atoms with Crippen molar-refractivity contribution in [3.63, 3.8) is 0 Å². The Hall–Kier alpha value is -2.10. The predicted octanol–water partition coefficient (Wildman–Crippen LogP) is 3.06. The minimum atomic E-state index is -4.18. The Morgan fingerprint density at radius 1 is 0.900 bits per heavy atom. The second-order valence-corrected chi connectivity index (χ2v) is 9.60. The number of pyridine rings is 1. The van der Waals surface area contributed by atoms with E-state index in [4.69, 9.17) is 4.74 Å². The van der Waals surface area contributed by atoms with Gasteiger partial charge in [0.2, 0.25) is 10.0 Å². The van der Waals surface area contributed by atoms with Crippen LogP contribution in [0.3, 0.4) is 0 Å². The molecule has 0 radical (unpaired) electrons. The molecular formula is C21H25F2N3O3S. The first-order valence-corrected chi connectivity index (χ1v) is 11.6. The van der Waals surface area contributed by atoms with Crippen LogP contribution in [0.4, 0.5) is 8.78 Å². The molecule has 30 heavy (non-hydrogen) atoms. The van der Waals surface area contributed by atoms with Crippen molar-refractivity contribution in [3.05, 3.63) is 54.4 Å². The van der Waals surface area contributed by atoms with E-state index in [1.165, 1.54) is 4.31 Å². The van der Waals surface area contributed by atoms with E-state index in [1.807, 2.05) is 12.1 Å². The Morgan fingerprint density at radius 2 is 1.50 bits per heavy atom. The summed E-state index contributed by atoms with van der Waals surface area (Å²) in [5.41, 5.74) is 0. The second kappa shape index (κ2) is 8.95. The summed E-state index contributed by atoms with van der Waals surface area (Å²) in [6, 6.07) is 7.07. The van der Waals surface area contributed by atoms with Crippen molar-refractivity contribution >= 4 is 10.0 Å². The lowest BCUT2D eigenvalue weighted by molar-refractivity contribution is 0.0585. The van der Waals surface area contributed by atoms with E-state index in [0.717, 1.165) is 49.9 Å². The van der Waals surface area contributed by atoms with Gasteiger partial charge in [-0.15, -0.1) is 0 Å². The maximum atomic E-state index is 14.0. The van der Waals surface area contributed by atoms with Gasteiger partial charge in [-0.1, -0.05) is 6.07 Å². The molecule has 0 amide bonds. The fourth-order valence-electron chi connectivity index (χ4n) is 4.27. The minimum absolute atomic E-state index is 0.160. The number of halogens is 2. The Bertz CT molecular complexity index is 938. The molecule has 9 heteroatoms. The van der Waals surface area contributed by atoms with Gasteiger partial charge >= 0.3 is 0 Å². The van der Waals surface area contributed by atoms with Crippen LogP contribution in [-0.4, -0.2) is 60.9 Å². The number of rotatable bonds is 5. The maximum Gasteiger partial charge on any atom is 0.248 e. The monoisotopic (exact) mass is 437 g/mol. The van der Waals surface area contributed by atoms with Crippen molar-refractivity contribution in [1.82, 2.24) is 14.2 Å². The van der Waals surface area contributed by atoms with Gasteiger partial charge in [-0.25, -0.2) is 17.2 Å². The summed E-state index contributed by atoms with van der Waals surface area (Å²) >= 11 is 0. The van der Waals surface area contributed by atoms with Gasteiger partial charge in [-0.2, -0.15) is 4.31 Å². The van der Waals surface area contributed by atoms with E-state index >= 15 is 0 Å². The zero-order chi connectivity index (χ0) is 21.1. The summed E-state index contributed by atoms with van der Waals surface area (Å²) in [5.74, 6) is -1.27. The fraction of sp³-hybridized carbons (Fsp3) is 0.476. The highest BCUT2D eigenvalue weighted by atomic mass is 32.2. The Balaban J connectivity index is 1.31. The van der Waals surface area contributed by atoms with Crippen LogP contribution in [0.15, 0.2) is 47.6 Å². The molecule has 162 valence electrons. The lowest BCUT2D eigenvalue weighted by Gasteiger charge is -2.41. The third kappa shape index (κ3) is 4.48. The molecule has 0 atom stereocenters. The highest BCUT2D eigenvalue weighted by Gasteiger charge is 2.36. The molecule has 6 nitrogen and oxygen atoms in total. The Kier molecular flexibility index (Phi) is 6.31. The summed E-state index contributed by atoms with van der Waals surface area (Å²) in [5, 5.41) is 0. The standard InChI is InChI=1S/C21H25F2N3O3S/c22-19-2-1-3-20(23)21(19)30(27,28)26-14-6-16(7-15-26)25-12-8-18(9-13-25)29-17-4-10-24-11-5-17/h1-5,10-11,16,18H,6-9,12-15H2. The molecule has 0 unspecified atom stereocenters. The molecule has 2 saturated heterocycles. The van der Waals surface area contributed by atoms with Crippen molar-refractivity contribution in [2.24, 2.45) is 0 Å².